The van der Waals surface area contributed by atoms with E-state index in [0.29, 0.717) is 23.8 Å². The Labute approximate surface area is 204 Å². The van der Waals surface area contributed by atoms with Crippen LogP contribution in [-0.2, 0) is 13.6 Å². The number of methoxy groups -OCH3 is 1. The lowest BCUT2D eigenvalue weighted by Crippen LogP contribution is -2.50. The van der Waals surface area contributed by atoms with Gasteiger partial charge in [-0.1, -0.05) is 0 Å². The number of carbonyl (C=O) groups is 1. The van der Waals surface area contributed by atoms with Crippen LogP contribution in [0.2, 0.25) is 0 Å². The molecular weight excluding hydrogens is 440 g/mol. The summed E-state index contributed by atoms with van der Waals surface area (Å²) >= 11 is 0. The number of nitrogens with zero attached hydrogens (tertiary/aromatic N) is 5. The van der Waals surface area contributed by atoms with Crippen LogP contribution in [0.4, 0.5) is 0 Å². The zero-order valence-corrected chi connectivity index (χ0v) is 20.6. The minimum absolute atomic E-state index is 0.0178. The molecule has 3 aromatic heterocycles. The van der Waals surface area contributed by atoms with E-state index in [0.717, 1.165) is 53.0 Å². The Morgan fingerprint density at radius 1 is 1.20 bits per heavy atom. The highest BCUT2D eigenvalue weighted by atomic mass is 16.5. The van der Waals surface area contributed by atoms with Gasteiger partial charge in [0.15, 0.2) is 5.82 Å². The fourth-order valence-corrected chi connectivity index (χ4v) is 5.42. The number of fused-ring (bicyclic) bond motifs is 2. The van der Waals surface area contributed by atoms with Crippen molar-refractivity contribution < 1.29 is 9.53 Å². The van der Waals surface area contributed by atoms with Gasteiger partial charge in [0.05, 0.1) is 18.3 Å². The molecule has 1 amide bonds. The molecule has 2 atom stereocenters. The van der Waals surface area contributed by atoms with Crippen LogP contribution in [0, 0.1) is 5.92 Å². The second kappa shape index (κ2) is 8.37. The Hall–Kier alpha value is -3.39. The number of benzene rings is 1. The van der Waals surface area contributed by atoms with Crippen LogP contribution < -0.4 is 10.5 Å². The summed E-state index contributed by atoms with van der Waals surface area (Å²) < 4.78 is 10.1. The van der Waals surface area contributed by atoms with Gasteiger partial charge in [-0.05, 0) is 68.9 Å². The molecule has 182 valence electrons. The number of ether oxygens (including phenoxy) is 1. The molecule has 0 spiro atoms. The molecule has 1 saturated heterocycles. The minimum atomic E-state index is -0.0212. The molecule has 1 saturated carbocycles. The monoisotopic (exact) mass is 472 g/mol. The van der Waals surface area contributed by atoms with Crippen LogP contribution in [-0.4, -0.2) is 55.6 Å². The van der Waals surface area contributed by atoms with Crippen LogP contribution in [0.5, 0.6) is 5.75 Å². The van der Waals surface area contributed by atoms with Gasteiger partial charge in [0, 0.05) is 49.4 Å². The van der Waals surface area contributed by atoms with Gasteiger partial charge in [0.2, 0.25) is 0 Å². The van der Waals surface area contributed by atoms with Gasteiger partial charge >= 0.3 is 0 Å². The summed E-state index contributed by atoms with van der Waals surface area (Å²) in [5.74, 6) is 2.16. The third-order valence-corrected chi connectivity index (χ3v) is 7.60. The van der Waals surface area contributed by atoms with E-state index >= 15 is 0 Å². The number of nitrogens with two attached hydrogens (primary N) is 1. The zero-order chi connectivity index (χ0) is 24.3. The first-order chi connectivity index (χ1) is 16.9. The van der Waals surface area contributed by atoms with Crippen molar-refractivity contribution in [3.63, 3.8) is 0 Å². The van der Waals surface area contributed by atoms with E-state index in [2.05, 4.69) is 33.2 Å². The van der Waals surface area contributed by atoms with Gasteiger partial charge in [-0.15, -0.1) is 0 Å². The van der Waals surface area contributed by atoms with E-state index in [-0.39, 0.29) is 18.0 Å². The summed E-state index contributed by atoms with van der Waals surface area (Å²) in [6.45, 7) is 3.60. The van der Waals surface area contributed by atoms with Gasteiger partial charge in [-0.3, -0.25) is 4.79 Å². The Morgan fingerprint density at radius 3 is 2.80 bits per heavy atom. The third kappa shape index (κ3) is 3.76. The Balaban J connectivity index is 1.47. The van der Waals surface area contributed by atoms with Crippen molar-refractivity contribution in [2.24, 2.45) is 18.7 Å². The lowest BCUT2D eigenvalue weighted by molar-refractivity contribution is 0.0612. The van der Waals surface area contributed by atoms with Gasteiger partial charge < -0.3 is 24.5 Å². The molecule has 0 bridgehead atoms. The van der Waals surface area contributed by atoms with E-state index < -0.39 is 0 Å². The number of likely N-dealkylation sites (tertiary alicyclic amines) is 1. The molecule has 8 heteroatoms. The van der Waals surface area contributed by atoms with Crippen LogP contribution in [0.25, 0.3) is 33.6 Å². The van der Waals surface area contributed by atoms with Crippen molar-refractivity contribution in [1.29, 1.82) is 0 Å². The van der Waals surface area contributed by atoms with Crippen molar-refractivity contribution in [1.82, 2.24) is 24.0 Å². The van der Waals surface area contributed by atoms with Gasteiger partial charge in [0.1, 0.15) is 16.9 Å². The number of hydrogen-bond donors (Lipinski definition) is 1. The zero-order valence-electron chi connectivity index (χ0n) is 20.6. The van der Waals surface area contributed by atoms with Gasteiger partial charge in [0.25, 0.3) is 5.91 Å². The molecule has 6 rings (SSSR count). The molecule has 2 fully saturated rings. The molecule has 1 aliphatic heterocycles. The summed E-state index contributed by atoms with van der Waals surface area (Å²) in [5, 5.41) is 1.11. The standard InChI is InChI=1S/C27H32N6O2/c1-16-6-9-20(28)15-32(16)27(34)19-11-21-24(23(13-19)35-3)31(2)26(30-21)22-12-18-5-4-10-29-25(18)33(22)14-17-7-8-17/h4-5,10-13,16-17,20H,6-9,14-15,28H2,1-3H3/t16-,20?/m1/s1. The van der Waals surface area contributed by atoms with Crippen LogP contribution in [0.1, 0.15) is 43.0 Å². The number of carbonyl (C=O) groups excluding carboxylic acids is 1. The fourth-order valence-electron chi connectivity index (χ4n) is 5.42. The summed E-state index contributed by atoms with van der Waals surface area (Å²) in [7, 11) is 3.65. The number of imidazole rings is 1. The molecule has 35 heavy (non-hydrogen) atoms. The van der Waals surface area contributed by atoms with E-state index in [4.69, 9.17) is 15.5 Å². The maximum absolute atomic E-state index is 13.5. The first-order valence-corrected chi connectivity index (χ1v) is 12.5. The number of pyridine rings is 1. The molecule has 4 heterocycles. The largest absolute Gasteiger partial charge is 0.494 e. The van der Waals surface area contributed by atoms with Crippen molar-refractivity contribution >= 4 is 28.0 Å². The summed E-state index contributed by atoms with van der Waals surface area (Å²) in [5.41, 5.74) is 10.4. The lowest BCUT2D eigenvalue weighted by atomic mass is 9.99. The number of piperidine rings is 1. The Morgan fingerprint density at radius 2 is 2.03 bits per heavy atom. The second-order valence-corrected chi connectivity index (χ2v) is 10.2. The highest BCUT2D eigenvalue weighted by molar-refractivity contribution is 6.00. The normalized spacial score (nSPS) is 20.6. The summed E-state index contributed by atoms with van der Waals surface area (Å²) in [4.78, 5) is 25.1. The first kappa shape index (κ1) is 22.1. The van der Waals surface area contributed by atoms with Crippen LogP contribution in [0.15, 0.2) is 36.5 Å². The maximum atomic E-state index is 13.5. The molecular formula is C27H32N6O2. The number of hydrogen-bond acceptors (Lipinski definition) is 5. The Kier molecular flexibility index (Phi) is 5.29. The van der Waals surface area contributed by atoms with Crippen LogP contribution >= 0.6 is 0 Å². The second-order valence-electron chi connectivity index (χ2n) is 10.2. The highest BCUT2D eigenvalue weighted by Gasteiger charge is 2.30. The minimum Gasteiger partial charge on any atom is -0.494 e. The van der Waals surface area contributed by atoms with Crippen molar-refractivity contribution in [2.45, 2.75) is 51.2 Å². The predicted octanol–water partition coefficient (Wildman–Crippen LogP) is 3.96. The number of amides is 1. The third-order valence-electron chi connectivity index (χ3n) is 7.60. The van der Waals surface area contributed by atoms with Crippen LogP contribution in [0.3, 0.4) is 0 Å². The van der Waals surface area contributed by atoms with Crippen molar-refractivity contribution in [2.75, 3.05) is 13.7 Å². The molecule has 1 aliphatic carbocycles. The first-order valence-electron chi connectivity index (χ1n) is 12.5. The maximum Gasteiger partial charge on any atom is 0.254 e. The molecule has 8 nitrogen and oxygen atoms in total. The lowest BCUT2D eigenvalue weighted by Gasteiger charge is -2.36. The number of rotatable bonds is 5. The van der Waals surface area contributed by atoms with Gasteiger partial charge in [-0.25, -0.2) is 9.97 Å². The molecule has 0 radical (unpaired) electrons. The summed E-state index contributed by atoms with van der Waals surface area (Å²) in [6, 6.07) is 10.1. The molecule has 1 aromatic carbocycles. The van der Waals surface area contributed by atoms with Crippen molar-refractivity contribution in [3.8, 4) is 17.3 Å². The smallest absolute Gasteiger partial charge is 0.254 e. The summed E-state index contributed by atoms with van der Waals surface area (Å²) in [6.07, 6.45) is 6.22. The van der Waals surface area contributed by atoms with E-state index in [1.165, 1.54) is 12.8 Å². The van der Waals surface area contributed by atoms with E-state index in [9.17, 15) is 4.79 Å². The average Bonchev–Trinajstić information content (AvgIpc) is 3.53. The fraction of sp³-hybridized carbons (Fsp3) is 0.444. The number of aromatic nitrogens is 4. The topological polar surface area (TPSA) is 91.2 Å². The quantitative estimate of drug-likeness (QED) is 0.475. The van der Waals surface area contributed by atoms with Crippen molar-refractivity contribution in [3.05, 3.63) is 42.1 Å². The molecule has 2 aliphatic rings. The van der Waals surface area contributed by atoms with Gasteiger partial charge in [-0.2, -0.15) is 0 Å². The highest BCUT2D eigenvalue weighted by Crippen LogP contribution is 2.37. The van der Waals surface area contributed by atoms with E-state index in [1.807, 2.05) is 36.3 Å². The molecule has 2 N–H and O–H groups in total. The van der Waals surface area contributed by atoms with E-state index in [1.54, 1.807) is 7.11 Å². The Bertz CT molecular complexity index is 1430. The predicted molar refractivity (Wildman–Crippen MR) is 136 cm³/mol. The number of aryl methyl sites for hydroxylation is 1. The SMILES string of the molecule is COc1cc(C(=O)N2CC(N)CC[C@H]2C)cc2nc(-c3cc4cccnc4n3CC3CC3)n(C)c12. The average molecular weight is 473 g/mol. The molecule has 4 aromatic rings. The molecule has 1 unspecified atom stereocenters.